The largest absolute Gasteiger partial charge is 0.466 e. The second-order valence-corrected chi connectivity index (χ2v) is 7.64. The van der Waals surface area contributed by atoms with Crippen molar-refractivity contribution in [1.29, 1.82) is 0 Å². The summed E-state index contributed by atoms with van der Waals surface area (Å²) in [5, 5.41) is 0. The third-order valence-electron chi connectivity index (χ3n) is 3.34. The van der Waals surface area contributed by atoms with E-state index in [4.69, 9.17) is 9.47 Å². The van der Waals surface area contributed by atoms with E-state index in [1.165, 1.54) is 11.4 Å². The van der Waals surface area contributed by atoms with Gasteiger partial charge in [0.2, 0.25) is 10.0 Å². The summed E-state index contributed by atoms with van der Waals surface area (Å²) in [6, 6.07) is 4.76. The van der Waals surface area contributed by atoms with E-state index < -0.39 is 10.0 Å². The van der Waals surface area contributed by atoms with Crippen LogP contribution in [0.25, 0.3) is 0 Å². The van der Waals surface area contributed by atoms with Crippen LogP contribution in [0.3, 0.4) is 0 Å². The fraction of sp³-hybridized carbons (Fsp3) is 0.538. The molecule has 1 aliphatic heterocycles. The Bertz CT molecular complexity index is 586. The van der Waals surface area contributed by atoms with Crippen molar-refractivity contribution in [2.75, 3.05) is 47.1 Å². The molecule has 6 nitrogen and oxygen atoms in total. The normalized spacial score (nSPS) is 17.9. The average Bonchev–Trinajstić information content (AvgIpc) is 2.46. The standard InChI is InChI=1S/C13H19BrN2O4S/c1-15-5-7-16(8-6-15)21(17,18)11-3-4-13(12(14)9-11)20-10-19-2/h3-4,9H,5-8,10H2,1-2H3. The van der Waals surface area contributed by atoms with Gasteiger partial charge in [0.25, 0.3) is 0 Å². The number of hydrogen-bond acceptors (Lipinski definition) is 5. The zero-order valence-electron chi connectivity index (χ0n) is 12.1. The third-order valence-corrected chi connectivity index (χ3v) is 5.85. The first-order chi connectivity index (χ1) is 9.95. The summed E-state index contributed by atoms with van der Waals surface area (Å²) in [7, 11) is 0.0611. The number of piperazine rings is 1. The maximum atomic E-state index is 12.6. The highest BCUT2D eigenvalue weighted by molar-refractivity contribution is 9.10. The summed E-state index contributed by atoms with van der Waals surface area (Å²) in [5.74, 6) is 0.550. The molecular formula is C13H19BrN2O4S. The summed E-state index contributed by atoms with van der Waals surface area (Å²) in [5.41, 5.74) is 0. The number of likely N-dealkylation sites (N-methyl/N-ethyl adjacent to an activating group) is 1. The highest BCUT2D eigenvalue weighted by atomic mass is 79.9. The molecule has 0 bridgehead atoms. The quantitative estimate of drug-likeness (QED) is 0.724. The lowest BCUT2D eigenvalue weighted by Crippen LogP contribution is -2.47. The van der Waals surface area contributed by atoms with Crippen LogP contribution in [0, 0.1) is 0 Å². The van der Waals surface area contributed by atoms with Crippen molar-refractivity contribution in [2.24, 2.45) is 0 Å². The van der Waals surface area contributed by atoms with Crippen LogP contribution in [0.5, 0.6) is 5.75 Å². The predicted molar refractivity (Wildman–Crippen MR) is 82.9 cm³/mol. The Morgan fingerprint density at radius 3 is 2.48 bits per heavy atom. The van der Waals surface area contributed by atoms with Crippen LogP contribution in [0.2, 0.25) is 0 Å². The van der Waals surface area contributed by atoms with Crippen molar-refractivity contribution in [3.63, 3.8) is 0 Å². The van der Waals surface area contributed by atoms with E-state index in [0.29, 0.717) is 23.3 Å². The number of ether oxygens (including phenoxy) is 2. The lowest BCUT2D eigenvalue weighted by atomic mass is 10.3. The van der Waals surface area contributed by atoms with Crippen molar-refractivity contribution in [3.8, 4) is 5.75 Å². The Labute approximate surface area is 133 Å². The molecule has 0 atom stereocenters. The van der Waals surface area contributed by atoms with E-state index in [0.717, 1.165) is 13.1 Å². The van der Waals surface area contributed by atoms with E-state index in [1.807, 2.05) is 7.05 Å². The molecule has 0 saturated carbocycles. The van der Waals surface area contributed by atoms with Crippen molar-refractivity contribution >= 4 is 26.0 Å². The van der Waals surface area contributed by atoms with Crippen LogP contribution < -0.4 is 4.74 Å². The molecule has 1 saturated heterocycles. The van der Waals surface area contributed by atoms with Gasteiger partial charge in [-0.25, -0.2) is 8.42 Å². The Hall–Kier alpha value is -0.670. The molecule has 0 aliphatic carbocycles. The van der Waals surface area contributed by atoms with Crippen LogP contribution in [-0.4, -0.2) is 64.8 Å². The summed E-state index contributed by atoms with van der Waals surface area (Å²) in [4.78, 5) is 2.38. The number of nitrogens with zero attached hydrogens (tertiary/aromatic N) is 2. The molecule has 0 aromatic heterocycles. The molecule has 0 spiro atoms. The minimum absolute atomic E-state index is 0.114. The van der Waals surface area contributed by atoms with Gasteiger partial charge >= 0.3 is 0 Å². The molecule has 1 aromatic carbocycles. The Morgan fingerprint density at radius 1 is 1.24 bits per heavy atom. The Kier molecular flexibility index (Phi) is 5.61. The molecule has 1 fully saturated rings. The van der Waals surface area contributed by atoms with E-state index >= 15 is 0 Å². The number of benzene rings is 1. The molecule has 0 unspecified atom stereocenters. The molecule has 21 heavy (non-hydrogen) atoms. The summed E-state index contributed by atoms with van der Waals surface area (Å²) >= 11 is 3.33. The Morgan fingerprint density at radius 2 is 1.90 bits per heavy atom. The van der Waals surface area contributed by atoms with Crippen molar-refractivity contribution in [1.82, 2.24) is 9.21 Å². The van der Waals surface area contributed by atoms with Gasteiger partial charge in [-0.1, -0.05) is 0 Å². The molecule has 1 aliphatic rings. The number of methoxy groups -OCH3 is 1. The lowest BCUT2D eigenvalue weighted by Gasteiger charge is -2.31. The van der Waals surface area contributed by atoms with Gasteiger partial charge in [0.1, 0.15) is 5.75 Å². The maximum Gasteiger partial charge on any atom is 0.243 e. The van der Waals surface area contributed by atoms with Crippen LogP contribution in [0.15, 0.2) is 27.6 Å². The van der Waals surface area contributed by atoms with Crippen molar-refractivity contribution in [3.05, 3.63) is 22.7 Å². The number of hydrogen-bond donors (Lipinski definition) is 0. The molecule has 8 heteroatoms. The number of rotatable bonds is 5. The minimum Gasteiger partial charge on any atom is -0.466 e. The Balaban J connectivity index is 2.18. The highest BCUT2D eigenvalue weighted by Crippen LogP contribution is 2.29. The van der Waals surface area contributed by atoms with Crippen LogP contribution in [-0.2, 0) is 14.8 Å². The summed E-state index contributed by atoms with van der Waals surface area (Å²) in [6.07, 6.45) is 0. The number of sulfonamides is 1. The average molecular weight is 379 g/mol. The third kappa shape index (κ3) is 3.95. The summed E-state index contributed by atoms with van der Waals surface area (Å²) < 4.78 is 37.5. The van der Waals surface area contributed by atoms with Gasteiger partial charge in [-0.2, -0.15) is 4.31 Å². The zero-order chi connectivity index (χ0) is 15.5. The molecule has 0 N–H and O–H groups in total. The van der Waals surface area contributed by atoms with Crippen LogP contribution in [0.4, 0.5) is 0 Å². The smallest absolute Gasteiger partial charge is 0.243 e. The monoisotopic (exact) mass is 378 g/mol. The fourth-order valence-corrected chi connectivity index (χ4v) is 4.15. The van der Waals surface area contributed by atoms with Crippen molar-refractivity contribution in [2.45, 2.75) is 4.90 Å². The van der Waals surface area contributed by atoms with E-state index in [9.17, 15) is 8.42 Å². The second kappa shape index (κ2) is 7.06. The topological polar surface area (TPSA) is 59.1 Å². The van der Waals surface area contributed by atoms with E-state index in [1.54, 1.807) is 18.2 Å². The van der Waals surface area contributed by atoms with Crippen molar-refractivity contribution < 1.29 is 17.9 Å². The van der Waals surface area contributed by atoms with E-state index in [-0.39, 0.29) is 11.7 Å². The van der Waals surface area contributed by atoms with Gasteiger partial charge < -0.3 is 14.4 Å². The van der Waals surface area contributed by atoms with Gasteiger partial charge in [-0.05, 0) is 41.2 Å². The van der Waals surface area contributed by atoms with Crippen LogP contribution in [0.1, 0.15) is 0 Å². The van der Waals surface area contributed by atoms with Gasteiger partial charge in [-0.15, -0.1) is 0 Å². The first-order valence-corrected chi connectivity index (χ1v) is 8.78. The maximum absolute atomic E-state index is 12.6. The van der Waals surface area contributed by atoms with Gasteiger partial charge in [0, 0.05) is 33.3 Å². The van der Waals surface area contributed by atoms with Gasteiger partial charge in [0.05, 0.1) is 9.37 Å². The minimum atomic E-state index is -3.46. The molecule has 2 rings (SSSR count). The molecule has 118 valence electrons. The van der Waals surface area contributed by atoms with Crippen LogP contribution >= 0.6 is 15.9 Å². The summed E-state index contributed by atoms with van der Waals surface area (Å²) in [6.45, 7) is 2.63. The SMILES string of the molecule is COCOc1ccc(S(=O)(=O)N2CCN(C)CC2)cc1Br. The van der Waals surface area contributed by atoms with Gasteiger partial charge in [0.15, 0.2) is 6.79 Å². The van der Waals surface area contributed by atoms with Gasteiger partial charge in [-0.3, -0.25) is 0 Å². The second-order valence-electron chi connectivity index (χ2n) is 4.85. The molecule has 0 amide bonds. The predicted octanol–water partition coefficient (Wildman–Crippen LogP) is 1.37. The number of halogens is 1. The molecule has 0 radical (unpaired) electrons. The zero-order valence-corrected chi connectivity index (χ0v) is 14.5. The first kappa shape index (κ1) is 16.7. The van der Waals surface area contributed by atoms with E-state index in [2.05, 4.69) is 20.8 Å². The lowest BCUT2D eigenvalue weighted by molar-refractivity contribution is 0.0505. The molecular weight excluding hydrogens is 360 g/mol. The molecule has 1 heterocycles. The molecule has 1 aromatic rings. The highest BCUT2D eigenvalue weighted by Gasteiger charge is 2.27. The first-order valence-electron chi connectivity index (χ1n) is 6.55. The fourth-order valence-electron chi connectivity index (χ4n) is 2.06.